The van der Waals surface area contributed by atoms with E-state index in [9.17, 15) is 0 Å². The maximum absolute atomic E-state index is 5.70. The minimum absolute atomic E-state index is 0.628. The lowest BCUT2D eigenvalue weighted by atomic mass is 9.84. The normalized spacial score (nSPS) is 30.4. The zero-order chi connectivity index (χ0) is 14.2. The second-order valence-corrected chi connectivity index (χ2v) is 7.08. The van der Waals surface area contributed by atoms with Crippen LogP contribution in [0.15, 0.2) is 16.6 Å². The van der Waals surface area contributed by atoms with E-state index in [1.807, 2.05) is 0 Å². The molecule has 1 N–H and O–H groups in total. The van der Waals surface area contributed by atoms with Crippen molar-refractivity contribution in [3.8, 4) is 11.5 Å². The summed E-state index contributed by atoms with van der Waals surface area (Å²) in [6.07, 6.45) is 2.70. The molecule has 0 aromatic heterocycles. The van der Waals surface area contributed by atoms with Crippen molar-refractivity contribution in [2.45, 2.75) is 25.4 Å². The van der Waals surface area contributed by atoms with Gasteiger partial charge in [-0.25, -0.2) is 0 Å². The number of rotatable bonds is 3. The molecule has 3 saturated heterocycles. The second kappa shape index (κ2) is 5.78. The summed E-state index contributed by atoms with van der Waals surface area (Å²) >= 11 is 3.59. The van der Waals surface area contributed by atoms with Gasteiger partial charge in [0.2, 0.25) is 0 Å². The SMILES string of the molecule is Brc1cc(CNC2CN3CCC2CC3)cc2c1OCCO2. The lowest BCUT2D eigenvalue weighted by Gasteiger charge is -2.45. The first kappa shape index (κ1) is 13.9. The molecule has 4 aliphatic heterocycles. The van der Waals surface area contributed by atoms with Crippen LogP contribution in [0.3, 0.4) is 0 Å². The van der Waals surface area contributed by atoms with Crippen molar-refractivity contribution in [2.75, 3.05) is 32.8 Å². The summed E-state index contributed by atoms with van der Waals surface area (Å²) in [5, 5.41) is 3.74. The molecule has 114 valence electrons. The number of nitrogens with one attached hydrogen (secondary N) is 1. The first-order valence-corrected chi connectivity index (χ1v) is 8.62. The van der Waals surface area contributed by atoms with Crippen molar-refractivity contribution >= 4 is 15.9 Å². The summed E-state index contributed by atoms with van der Waals surface area (Å²) < 4.78 is 12.3. The zero-order valence-corrected chi connectivity index (χ0v) is 13.7. The fraction of sp³-hybridized carbons (Fsp3) is 0.625. The summed E-state index contributed by atoms with van der Waals surface area (Å²) in [7, 11) is 0. The number of halogens is 1. The Labute approximate surface area is 133 Å². The quantitative estimate of drug-likeness (QED) is 0.905. The van der Waals surface area contributed by atoms with Crippen LogP contribution in [0.1, 0.15) is 18.4 Å². The van der Waals surface area contributed by atoms with E-state index in [0.29, 0.717) is 19.3 Å². The predicted octanol–water partition coefficient (Wildman–Crippen LogP) is 2.40. The van der Waals surface area contributed by atoms with Gasteiger partial charge >= 0.3 is 0 Å². The average molecular weight is 353 g/mol. The highest BCUT2D eigenvalue weighted by Crippen LogP contribution is 2.38. The topological polar surface area (TPSA) is 33.7 Å². The third-order valence-corrected chi connectivity index (χ3v) is 5.47. The number of fused-ring (bicyclic) bond motifs is 4. The maximum Gasteiger partial charge on any atom is 0.175 e. The van der Waals surface area contributed by atoms with Gasteiger partial charge in [0.1, 0.15) is 13.2 Å². The number of piperidine rings is 3. The molecule has 0 radical (unpaired) electrons. The molecule has 1 unspecified atom stereocenters. The molecule has 0 saturated carbocycles. The molecule has 5 heteroatoms. The van der Waals surface area contributed by atoms with Crippen LogP contribution in [-0.2, 0) is 6.54 Å². The molecule has 21 heavy (non-hydrogen) atoms. The Kier molecular flexibility index (Phi) is 3.81. The van der Waals surface area contributed by atoms with E-state index in [-0.39, 0.29) is 0 Å². The molecule has 1 aromatic rings. The van der Waals surface area contributed by atoms with Gasteiger partial charge in [0.05, 0.1) is 4.47 Å². The molecule has 5 rings (SSSR count). The van der Waals surface area contributed by atoms with Gasteiger partial charge in [0.25, 0.3) is 0 Å². The summed E-state index contributed by atoms with van der Waals surface area (Å²) in [6.45, 7) is 5.94. The van der Waals surface area contributed by atoms with Gasteiger partial charge in [0, 0.05) is 19.1 Å². The molecular weight excluding hydrogens is 332 g/mol. The molecule has 4 heterocycles. The average Bonchev–Trinajstić information content (AvgIpc) is 2.54. The van der Waals surface area contributed by atoms with Gasteiger partial charge in [-0.2, -0.15) is 0 Å². The van der Waals surface area contributed by atoms with Gasteiger partial charge in [-0.05, 0) is 65.5 Å². The highest BCUT2D eigenvalue weighted by molar-refractivity contribution is 9.10. The molecule has 4 nitrogen and oxygen atoms in total. The van der Waals surface area contributed by atoms with Crippen LogP contribution in [0.2, 0.25) is 0 Å². The van der Waals surface area contributed by atoms with E-state index >= 15 is 0 Å². The van der Waals surface area contributed by atoms with Gasteiger partial charge in [-0.15, -0.1) is 0 Å². The van der Waals surface area contributed by atoms with Crippen LogP contribution in [-0.4, -0.2) is 43.8 Å². The fourth-order valence-corrected chi connectivity index (χ4v) is 4.32. The maximum atomic E-state index is 5.70. The number of ether oxygens (including phenoxy) is 2. The minimum Gasteiger partial charge on any atom is -0.486 e. The first-order valence-electron chi connectivity index (χ1n) is 7.83. The van der Waals surface area contributed by atoms with Crippen LogP contribution in [0, 0.1) is 5.92 Å². The number of hydrogen-bond acceptors (Lipinski definition) is 4. The van der Waals surface area contributed by atoms with Gasteiger partial charge in [-0.3, -0.25) is 0 Å². The van der Waals surface area contributed by atoms with Crippen LogP contribution in [0.4, 0.5) is 0 Å². The number of nitrogens with zero attached hydrogens (tertiary/aromatic N) is 1. The Morgan fingerprint density at radius 3 is 2.76 bits per heavy atom. The van der Waals surface area contributed by atoms with Crippen molar-refractivity contribution in [3.05, 3.63) is 22.2 Å². The molecule has 0 aliphatic carbocycles. The zero-order valence-electron chi connectivity index (χ0n) is 12.1. The van der Waals surface area contributed by atoms with E-state index in [1.165, 1.54) is 38.0 Å². The van der Waals surface area contributed by atoms with Crippen molar-refractivity contribution < 1.29 is 9.47 Å². The third-order valence-electron chi connectivity index (χ3n) is 4.88. The monoisotopic (exact) mass is 352 g/mol. The van der Waals surface area contributed by atoms with E-state index in [4.69, 9.17) is 9.47 Å². The smallest absolute Gasteiger partial charge is 0.175 e. The molecular formula is C16H21BrN2O2. The van der Waals surface area contributed by atoms with Gasteiger partial charge in [0.15, 0.2) is 11.5 Å². The molecule has 3 fully saturated rings. The highest BCUT2D eigenvalue weighted by atomic mass is 79.9. The number of hydrogen-bond donors (Lipinski definition) is 1. The Bertz CT molecular complexity index is 529. The molecule has 1 aromatic carbocycles. The fourth-order valence-electron chi connectivity index (χ4n) is 3.71. The highest BCUT2D eigenvalue weighted by Gasteiger charge is 2.33. The van der Waals surface area contributed by atoms with Crippen LogP contribution < -0.4 is 14.8 Å². The van der Waals surface area contributed by atoms with E-state index in [2.05, 4.69) is 38.3 Å². The van der Waals surface area contributed by atoms with Crippen molar-refractivity contribution in [1.29, 1.82) is 0 Å². The number of benzene rings is 1. The van der Waals surface area contributed by atoms with Crippen LogP contribution >= 0.6 is 15.9 Å². The first-order chi connectivity index (χ1) is 10.3. The van der Waals surface area contributed by atoms with Crippen molar-refractivity contribution in [2.24, 2.45) is 5.92 Å². The lowest BCUT2D eigenvalue weighted by molar-refractivity contribution is 0.0720. The summed E-state index contributed by atoms with van der Waals surface area (Å²) in [5.41, 5.74) is 1.25. The van der Waals surface area contributed by atoms with E-state index in [1.54, 1.807) is 0 Å². The summed E-state index contributed by atoms with van der Waals surface area (Å²) in [4.78, 5) is 2.58. The van der Waals surface area contributed by atoms with Gasteiger partial charge < -0.3 is 19.7 Å². The van der Waals surface area contributed by atoms with E-state index < -0.39 is 0 Å². The molecule has 2 bridgehead atoms. The lowest BCUT2D eigenvalue weighted by Crippen LogP contribution is -2.55. The summed E-state index contributed by atoms with van der Waals surface area (Å²) in [6, 6.07) is 4.88. The molecule has 4 aliphatic rings. The largest absolute Gasteiger partial charge is 0.486 e. The second-order valence-electron chi connectivity index (χ2n) is 6.23. The van der Waals surface area contributed by atoms with Crippen LogP contribution in [0.5, 0.6) is 11.5 Å². The van der Waals surface area contributed by atoms with Crippen molar-refractivity contribution in [3.63, 3.8) is 0 Å². The predicted molar refractivity (Wildman–Crippen MR) is 84.9 cm³/mol. The Balaban J connectivity index is 1.44. The summed E-state index contributed by atoms with van der Waals surface area (Å²) in [5.74, 6) is 2.56. The van der Waals surface area contributed by atoms with Gasteiger partial charge in [-0.1, -0.05) is 0 Å². The Morgan fingerprint density at radius 2 is 2.00 bits per heavy atom. The Morgan fingerprint density at radius 1 is 1.19 bits per heavy atom. The molecule has 0 spiro atoms. The van der Waals surface area contributed by atoms with Crippen molar-refractivity contribution in [1.82, 2.24) is 10.2 Å². The molecule has 1 atom stereocenters. The van der Waals surface area contributed by atoms with E-state index in [0.717, 1.165) is 28.4 Å². The standard InChI is InChI=1S/C16H21BrN2O2/c17-13-7-11(8-15-16(13)21-6-5-20-15)9-18-14-10-19-3-1-12(14)2-4-19/h7-8,12,14,18H,1-6,9-10H2. The Hall–Kier alpha value is -0.780. The third kappa shape index (κ3) is 2.79. The minimum atomic E-state index is 0.628. The molecule has 0 amide bonds. The van der Waals surface area contributed by atoms with Crippen LogP contribution in [0.25, 0.3) is 0 Å².